The Morgan fingerprint density at radius 2 is 2.11 bits per heavy atom. The van der Waals surface area contributed by atoms with E-state index >= 15 is 0 Å². The van der Waals surface area contributed by atoms with Crippen molar-refractivity contribution < 1.29 is 19.6 Å². The first-order valence-corrected chi connectivity index (χ1v) is 13.5. The molecule has 1 aliphatic carbocycles. The maximum atomic E-state index is 12.6. The minimum absolute atomic E-state index is 0.323. The molecule has 1 atom stereocenters. The number of aliphatic hydroxyl groups is 1. The van der Waals surface area contributed by atoms with Crippen molar-refractivity contribution in [2.24, 2.45) is 5.16 Å². The average Bonchev–Trinajstić information content (AvgIpc) is 3.54. The molecule has 8 nitrogen and oxygen atoms in total. The van der Waals surface area contributed by atoms with Crippen molar-refractivity contribution in [3.05, 3.63) is 87.8 Å². The molecule has 0 radical (unpaired) electrons. The third kappa shape index (κ3) is 4.10. The van der Waals surface area contributed by atoms with Gasteiger partial charge in [0.2, 0.25) is 0 Å². The fourth-order valence-corrected chi connectivity index (χ4v) is 5.74. The van der Waals surface area contributed by atoms with Crippen LogP contribution >= 0.6 is 0 Å². The molecule has 4 N–H and O–H groups in total. The topological polar surface area (TPSA) is 128 Å². The third-order valence-electron chi connectivity index (χ3n) is 6.63. The van der Waals surface area contributed by atoms with Crippen molar-refractivity contribution in [3.63, 3.8) is 0 Å². The largest absolute Gasteiger partial charge is 0.563 e. The molecule has 1 unspecified atom stereocenters. The molecule has 9 heteroatoms. The highest BCUT2D eigenvalue weighted by Gasteiger charge is 2.39. The van der Waals surface area contributed by atoms with E-state index in [0.29, 0.717) is 33.9 Å². The van der Waals surface area contributed by atoms with Crippen LogP contribution in [-0.4, -0.2) is 45.1 Å². The number of nitrogens with one attached hydrogen (secondary N) is 1. The molecular formula is C27H28N4O4Si. The van der Waals surface area contributed by atoms with Gasteiger partial charge in [-0.2, -0.15) is 0 Å². The maximum Gasteiger partial charge on any atom is 0.258 e. The van der Waals surface area contributed by atoms with Crippen LogP contribution in [0.4, 0.5) is 0 Å². The smallest absolute Gasteiger partial charge is 0.258 e. The molecular weight excluding hydrogens is 472 g/mol. The summed E-state index contributed by atoms with van der Waals surface area (Å²) in [7, 11) is -1.95. The predicted octanol–water partition coefficient (Wildman–Crippen LogP) is 4.69. The number of benzene rings is 1. The summed E-state index contributed by atoms with van der Waals surface area (Å²) in [4.78, 5) is 18.9. The van der Waals surface area contributed by atoms with Crippen molar-refractivity contribution in [3.8, 4) is 11.1 Å². The number of aromatic nitrogens is 3. The second kappa shape index (κ2) is 9.33. The Balaban J connectivity index is 1.89. The molecule has 0 aliphatic heterocycles. The van der Waals surface area contributed by atoms with Crippen molar-refractivity contribution in [1.82, 2.24) is 15.1 Å². The first-order chi connectivity index (χ1) is 17.4. The van der Waals surface area contributed by atoms with Gasteiger partial charge in [-0.3, -0.25) is 0 Å². The Bertz CT molecular complexity index is 1510. The number of H-pyrrole nitrogens is 1. The number of aryl methyl sites for hydroxylation is 2. The summed E-state index contributed by atoms with van der Waals surface area (Å²) >= 11 is 0. The van der Waals surface area contributed by atoms with Crippen molar-refractivity contribution in [1.29, 1.82) is 0 Å². The van der Waals surface area contributed by atoms with Gasteiger partial charge < -0.3 is 24.6 Å². The summed E-state index contributed by atoms with van der Waals surface area (Å²) in [6.07, 6.45) is 8.64. The van der Waals surface area contributed by atoms with Gasteiger partial charge in [0.1, 0.15) is 17.2 Å². The summed E-state index contributed by atoms with van der Waals surface area (Å²) in [6.45, 7) is 5.59. The van der Waals surface area contributed by atoms with Gasteiger partial charge in [-0.05, 0) is 68.2 Å². The van der Waals surface area contributed by atoms with Crippen LogP contribution in [0.3, 0.4) is 0 Å². The molecule has 1 aliphatic rings. The van der Waals surface area contributed by atoms with Crippen LogP contribution in [0.5, 0.6) is 0 Å². The lowest BCUT2D eigenvalue weighted by Gasteiger charge is -2.31. The fraction of sp³-hybridized carbons (Fsp3) is 0.259. The first-order valence-electron chi connectivity index (χ1n) is 11.9. The lowest BCUT2D eigenvalue weighted by atomic mass is 9.79. The van der Waals surface area contributed by atoms with Crippen LogP contribution in [0.1, 0.15) is 54.1 Å². The average molecular weight is 501 g/mol. The molecule has 0 spiro atoms. The molecule has 4 aromatic rings. The number of rotatable bonds is 7. The van der Waals surface area contributed by atoms with E-state index in [0.717, 1.165) is 41.0 Å². The van der Waals surface area contributed by atoms with Crippen LogP contribution in [-0.2, 0) is 5.60 Å². The first kappa shape index (κ1) is 23.9. The molecule has 3 aromatic heterocycles. The second-order valence-electron chi connectivity index (χ2n) is 9.17. The fourth-order valence-electron chi connectivity index (χ4n) is 4.73. The number of oxime groups is 1. The number of imidazole rings is 1. The molecule has 184 valence electrons. The van der Waals surface area contributed by atoms with Crippen LogP contribution in [0, 0.1) is 13.8 Å². The lowest BCUT2D eigenvalue weighted by Crippen LogP contribution is -2.32. The number of fused-ring (bicyclic) bond motifs is 1. The highest BCUT2D eigenvalue weighted by Crippen LogP contribution is 2.44. The standard InChI is InChI=1S/C27H28N4O4Si/c1-4-5-7-20(14-28-33)27(32,21-8-6-11-36(34)15-21)22-12-19(24-16(2)31-35-17(24)3)13-23-25(22)30-26(29-23)18-9-10-18/h4-8,11-15,18,32-34H,9-10H2,1-3H3,(H,29,30)/b5-4-,20-7+,28-14+. The molecule has 36 heavy (non-hydrogen) atoms. The van der Waals surface area contributed by atoms with Crippen LogP contribution < -0.4 is 0 Å². The van der Waals surface area contributed by atoms with Crippen molar-refractivity contribution in [2.45, 2.75) is 45.1 Å². The van der Waals surface area contributed by atoms with E-state index in [4.69, 9.17) is 9.51 Å². The zero-order valence-electron chi connectivity index (χ0n) is 20.4. The molecule has 0 bridgehead atoms. The highest BCUT2D eigenvalue weighted by atomic mass is 28.2. The number of hydrogen-bond acceptors (Lipinski definition) is 7. The molecule has 5 rings (SSSR count). The van der Waals surface area contributed by atoms with E-state index in [1.165, 1.54) is 6.21 Å². The Labute approximate surface area is 210 Å². The zero-order valence-corrected chi connectivity index (χ0v) is 21.4. The molecule has 3 heterocycles. The molecule has 1 fully saturated rings. The summed E-state index contributed by atoms with van der Waals surface area (Å²) in [5.41, 5.74) is 6.70. The van der Waals surface area contributed by atoms with Gasteiger partial charge in [-0.1, -0.05) is 40.7 Å². The Hall–Kier alpha value is -3.82. The second-order valence-corrected chi connectivity index (χ2v) is 10.6. The number of aromatic amines is 1. The van der Waals surface area contributed by atoms with E-state index < -0.39 is 14.2 Å². The van der Waals surface area contributed by atoms with E-state index in [-0.39, 0.29) is 0 Å². The predicted molar refractivity (Wildman–Crippen MR) is 139 cm³/mol. The van der Waals surface area contributed by atoms with Crippen LogP contribution in [0.15, 0.2) is 69.1 Å². The summed E-state index contributed by atoms with van der Waals surface area (Å²) in [5.74, 6) is 1.92. The molecule has 0 amide bonds. The van der Waals surface area contributed by atoms with Gasteiger partial charge in [0, 0.05) is 22.6 Å². The van der Waals surface area contributed by atoms with Gasteiger partial charge in [-0.15, -0.1) is 0 Å². The molecule has 1 saturated carbocycles. The van der Waals surface area contributed by atoms with Crippen molar-refractivity contribution >= 4 is 25.9 Å². The third-order valence-corrected chi connectivity index (χ3v) is 7.77. The monoisotopic (exact) mass is 500 g/mol. The van der Waals surface area contributed by atoms with E-state index in [1.54, 1.807) is 35.6 Å². The van der Waals surface area contributed by atoms with Crippen LogP contribution in [0.25, 0.3) is 22.2 Å². The summed E-state index contributed by atoms with van der Waals surface area (Å²) in [6, 6.07) is 7.40. The Kier molecular flexibility index (Phi) is 6.19. The number of hydrogen-bond donors (Lipinski definition) is 4. The highest BCUT2D eigenvalue weighted by molar-refractivity contribution is 6.41. The van der Waals surface area contributed by atoms with E-state index in [2.05, 4.69) is 15.3 Å². The van der Waals surface area contributed by atoms with Gasteiger partial charge in [-0.25, -0.2) is 4.98 Å². The minimum Gasteiger partial charge on any atom is -0.563 e. The lowest BCUT2D eigenvalue weighted by molar-refractivity contribution is 0.129. The maximum absolute atomic E-state index is 12.6. The van der Waals surface area contributed by atoms with Crippen molar-refractivity contribution in [2.75, 3.05) is 0 Å². The normalized spacial score (nSPS) is 16.4. The SMILES string of the molecule is C\C=C/C=C(\C=N\O)C(O)(c1ccc[si](O)c1)c1cc(-c2c(C)noc2C)cc2[nH]c(C3CC3)nc12. The summed E-state index contributed by atoms with van der Waals surface area (Å²) in [5, 5.41) is 29.6. The minimum atomic E-state index is -1.95. The van der Waals surface area contributed by atoms with E-state index in [9.17, 15) is 15.1 Å². The zero-order chi connectivity index (χ0) is 25.4. The molecule has 0 saturated heterocycles. The number of nitrogens with zero attached hydrogens (tertiary/aromatic N) is 3. The number of allylic oxidation sites excluding steroid dienone is 3. The van der Waals surface area contributed by atoms with Crippen LogP contribution in [0.2, 0.25) is 0 Å². The van der Waals surface area contributed by atoms with Gasteiger partial charge >= 0.3 is 0 Å². The van der Waals surface area contributed by atoms with Gasteiger partial charge in [0.05, 0.1) is 22.9 Å². The molecule has 1 aromatic carbocycles. The quantitative estimate of drug-likeness (QED) is 0.0958. The Morgan fingerprint density at radius 3 is 2.75 bits per heavy atom. The summed E-state index contributed by atoms with van der Waals surface area (Å²) < 4.78 is 5.44. The van der Waals surface area contributed by atoms with Gasteiger partial charge in [0.25, 0.3) is 8.64 Å². The van der Waals surface area contributed by atoms with Gasteiger partial charge in [0.15, 0.2) is 0 Å². The van der Waals surface area contributed by atoms with E-state index in [1.807, 2.05) is 39.0 Å². The Morgan fingerprint density at radius 1 is 1.31 bits per heavy atom.